The van der Waals surface area contributed by atoms with Gasteiger partial charge in [-0.25, -0.2) is 4.79 Å². The van der Waals surface area contributed by atoms with Crippen molar-refractivity contribution in [2.75, 3.05) is 6.61 Å². The predicted molar refractivity (Wildman–Crippen MR) is 82.2 cm³/mol. The molecule has 0 radical (unpaired) electrons. The lowest BCUT2D eigenvalue weighted by Crippen LogP contribution is -2.69. The highest BCUT2D eigenvalue weighted by molar-refractivity contribution is 7.07. The minimum absolute atomic E-state index is 0.0252. The van der Waals surface area contributed by atoms with E-state index < -0.39 is 0 Å². The molecule has 1 aliphatic heterocycles. The molecule has 5 heteroatoms. The Bertz CT molecular complexity index is 510. The highest BCUT2D eigenvalue weighted by Crippen LogP contribution is 2.60. The first-order valence-corrected chi connectivity index (χ1v) is 8.91. The van der Waals surface area contributed by atoms with Gasteiger partial charge in [-0.15, -0.1) is 0 Å². The number of carbonyl (C=O) groups is 1. The molecule has 2 amide bonds. The third-order valence-corrected chi connectivity index (χ3v) is 6.34. The molecule has 4 rings (SSSR count). The van der Waals surface area contributed by atoms with Crippen LogP contribution in [0.1, 0.15) is 37.7 Å². The average molecular weight is 306 g/mol. The Balaban J connectivity index is 1.38. The normalized spacial score (nSPS) is 32.7. The second-order valence-corrected chi connectivity index (χ2v) is 7.40. The van der Waals surface area contributed by atoms with Crippen LogP contribution < -0.4 is 10.6 Å². The van der Waals surface area contributed by atoms with E-state index in [0.717, 1.165) is 13.0 Å². The molecule has 1 aromatic rings. The number of ether oxygens (including phenoxy) is 1. The van der Waals surface area contributed by atoms with Gasteiger partial charge < -0.3 is 15.4 Å². The Morgan fingerprint density at radius 2 is 2.29 bits per heavy atom. The van der Waals surface area contributed by atoms with Gasteiger partial charge in [0.2, 0.25) is 0 Å². The van der Waals surface area contributed by atoms with E-state index in [-0.39, 0.29) is 11.4 Å². The van der Waals surface area contributed by atoms with Crippen LogP contribution in [-0.4, -0.2) is 24.8 Å². The number of carbonyl (C=O) groups excluding carboxylic acids is 1. The minimum atomic E-state index is -0.0252. The summed E-state index contributed by atoms with van der Waals surface area (Å²) in [5.41, 5.74) is 1.40. The molecule has 4 nitrogen and oxygen atoms in total. The van der Waals surface area contributed by atoms with Crippen LogP contribution in [0.25, 0.3) is 0 Å². The molecular formula is C16H22N2O2S. The molecule has 0 aromatic carbocycles. The van der Waals surface area contributed by atoms with Crippen molar-refractivity contribution in [2.24, 2.45) is 11.3 Å². The van der Waals surface area contributed by atoms with Gasteiger partial charge >= 0.3 is 6.03 Å². The van der Waals surface area contributed by atoms with Gasteiger partial charge in [-0.2, -0.15) is 11.3 Å². The molecule has 1 spiro atoms. The van der Waals surface area contributed by atoms with E-state index in [0.29, 0.717) is 24.6 Å². The summed E-state index contributed by atoms with van der Waals surface area (Å²) in [4.78, 5) is 12.2. The molecular weight excluding hydrogens is 284 g/mol. The monoisotopic (exact) mass is 306 g/mol. The van der Waals surface area contributed by atoms with Gasteiger partial charge in [-0.1, -0.05) is 12.8 Å². The summed E-state index contributed by atoms with van der Waals surface area (Å²) in [5.74, 6) is 0.537. The minimum Gasteiger partial charge on any atom is -0.377 e. The number of rotatable bonds is 3. The third-order valence-electron chi connectivity index (χ3n) is 5.61. The van der Waals surface area contributed by atoms with Crippen LogP contribution in [0.2, 0.25) is 0 Å². The first kappa shape index (κ1) is 13.6. The molecule has 3 aliphatic rings. The van der Waals surface area contributed by atoms with Crippen molar-refractivity contribution in [2.45, 2.75) is 50.8 Å². The van der Waals surface area contributed by atoms with Crippen molar-refractivity contribution in [3.05, 3.63) is 22.4 Å². The quantitative estimate of drug-likeness (QED) is 0.902. The number of hydrogen-bond acceptors (Lipinski definition) is 3. The summed E-state index contributed by atoms with van der Waals surface area (Å²) in [6, 6.07) is 2.34. The van der Waals surface area contributed by atoms with Gasteiger partial charge in [-0.3, -0.25) is 0 Å². The van der Waals surface area contributed by atoms with Crippen molar-refractivity contribution in [1.82, 2.24) is 10.6 Å². The summed E-state index contributed by atoms with van der Waals surface area (Å²) >= 11 is 1.66. The number of urea groups is 1. The van der Waals surface area contributed by atoms with Gasteiger partial charge in [0.05, 0.1) is 6.10 Å². The van der Waals surface area contributed by atoms with Crippen LogP contribution in [0, 0.1) is 11.3 Å². The molecule has 1 aromatic heterocycles. The summed E-state index contributed by atoms with van der Waals surface area (Å²) in [5, 5.41) is 10.4. The first-order valence-electron chi connectivity index (χ1n) is 7.97. The number of hydrogen-bond donors (Lipinski definition) is 2. The summed E-state index contributed by atoms with van der Waals surface area (Å²) in [6.07, 6.45) is 6.49. The van der Waals surface area contributed by atoms with Gasteiger partial charge in [0.25, 0.3) is 0 Å². The lowest BCUT2D eigenvalue weighted by molar-refractivity contribution is -0.126. The zero-order valence-corrected chi connectivity index (χ0v) is 13.0. The van der Waals surface area contributed by atoms with E-state index in [1.54, 1.807) is 11.3 Å². The fraction of sp³-hybridized carbons (Fsp3) is 0.688. The van der Waals surface area contributed by atoms with Gasteiger partial charge in [0.15, 0.2) is 0 Å². The molecule has 2 saturated carbocycles. The second kappa shape index (κ2) is 5.29. The van der Waals surface area contributed by atoms with Crippen LogP contribution >= 0.6 is 11.3 Å². The van der Waals surface area contributed by atoms with E-state index in [2.05, 4.69) is 16.0 Å². The Labute approximate surface area is 129 Å². The molecule has 1 saturated heterocycles. The van der Waals surface area contributed by atoms with E-state index in [9.17, 15) is 4.79 Å². The average Bonchev–Trinajstić information content (AvgIpc) is 3.22. The molecule has 114 valence electrons. The van der Waals surface area contributed by atoms with E-state index in [1.807, 2.05) is 11.4 Å². The molecule has 3 atom stereocenters. The second-order valence-electron chi connectivity index (χ2n) is 6.62. The van der Waals surface area contributed by atoms with Gasteiger partial charge in [-0.05, 0) is 41.7 Å². The summed E-state index contributed by atoms with van der Waals surface area (Å²) in [6.45, 7) is 1.48. The van der Waals surface area contributed by atoms with Crippen molar-refractivity contribution >= 4 is 17.4 Å². The maximum Gasteiger partial charge on any atom is 0.315 e. The van der Waals surface area contributed by atoms with Crippen LogP contribution in [0.15, 0.2) is 16.8 Å². The molecule has 2 aliphatic carbocycles. The Kier molecular flexibility index (Phi) is 3.42. The van der Waals surface area contributed by atoms with E-state index in [1.165, 1.54) is 31.2 Å². The molecule has 0 unspecified atom stereocenters. The van der Waals surface area contributed by atoms with Crippen LogP contribution in [0.3, 0.4) is 0 Å². The lowest BCUT2D eigenvalue weighted by atomic mass is 9.54. The first-order chi connectivity index (χ1) is 10.3. The number of nitrogens with one attached hydrogen (secondary N) is 2. The maximum absolute atomic E-state index is 12.2. The molecule has 2 N–H and O–H groups in total. The van der Waals surface area contributed by atoms with E-state index in [4.69, 9.17) is 4.74 Å². The molecule has 2 heterocycles. The van der Waals surface area contributed by atoms with Crippen LogP contribution in [0.4, 0.5) is 4.79 Å². The van der Waals surface area contributed by atoms with Crippen molar-refractivity contribution in [3.8, 4) is 0 Å². The zero-order valence-electron chi connectivity index (χ0n) is 12.1. The standard InChI is InChI=1S/C16H22N2O2S/c19-15(17-9-11-4-8-21-10-11)18-13-12-3-7-20-14(12)16(13)5-1-2-6-16/h4,8,10,12-14H,1-3,5-7,9H2,(H2,17,18,19)/t12-,13+,14-/m0/s1. The third kappa shape index (κ3) is 2.18. The van der Waals surface area contributed by atoms with Crippen molar-refractivity contribution in [3.63, 3.8) is 0 Å². The predicted octanol–water partition coefficient (Wildman–Crippen LogP) is 2.90. The molecule has 3 fully saturated rings. The Morgan fingerprint density at radius 3 is 3.05 bits per heavy atom. The lowest BCUT2D eigenvalue weighted by Gasteiger charge is -2.56. The number of amides is 2. The van der Waals surface area contributed by atoms with Crippen LogP contribution in [-0.2, 0) is 11.3 Å². The number of thiophene rings is 1. The number of fused-ring (bicyclic) bond motifs is 2. The Hall–Kier alpha value is -1.07. The topological polar surface area (TPSA) is 50.4 Å². The van der Waals surface area contributed by atoms with Gasteiger partial charge in [0.1, 0.15) is 0 Å². The highest BCUT2D eigenvalue weighted by Gasteiger charge is 2.65. The smallest absolute Gasteiger partial charge is 0.315 e. The fourth-order valence-corrected chi connectivity index (χ4v) is 5.34. The summed E-state index contributed by atoms with van der Waals surface area (Å²) in [7, 11) is 0. The highest BCUT2D eigenvalue weighted by atomic mass is 32.1. The fourth-order valence-electron chi connectivity index (χ4n) is 4.67. The molecule has 0 bridgehead atoms. The maximum atomic E-state index is 12.2. The van der Waals surface area contributed by atoms with Crippen LogP contribution in [0.5, 0.6) is 0 Å². The molecule has 21 heavy (non-hydrogen) atoms. The Morgan fingerprint density at radius 1 is 1.43 bits per heavy atom. The van der Waals surface area contributed by atoms with Crippen molar-refractivity contribution < 1.29 is 9.53 Å². The largest absolute Gasteiger partial charge is 0.377 e. The van der Waals surface area contributed by atoms with Gasteiger partial charge in [0, 0.05) is 30.5 Å². The van der Waals surface area contributed by atoms with Crippen molar-refractivity contribution in [1.29, 1.82) is 0 Å². The zero-order chi connectivity index (χ0) is 14.3. The van der Waals surface area contributed by atoms with E-state index >= 15 is 0 Å². The summed E-state index contributed by atoms with van der Waals surface area (Å²) < 4.78 is 5.95. The SMILES string of the molecule is O=C(NCc1ccsc1)N[C@@H]1[C@@H]2CCO[C@@H]2C12CCCC2.